The van der Waals surface area contributed by atoms with E-state index >= 15 is 0 Å². The maximum atomic E-state index is 12.4. The second kappa shape index (κ2) is 8.52. The molecule has 3 rings (SSSR count). The van der Waals surface area contributed by atoms with Crippen LogP contribution in [0.15, 0.2) is 41.0 Å². The van der Waals surface area contributed by atoms with Crippen LogP contribution in [0.25, 0.3) is 6.08 Å². The van der Waals surface area contributed by atoms with Crippen molar-refractivity contribution < 1.29 is 33.4 Å². The summed E-state index contributed by atoms with van der Waals surface area (Å²) in [5, 5.41) is 11.1. The Bertz CT molecular complexity index is 1070. The number of carbonyl (C=O) groups excluding carboxylic acids is 1. The van der Waals surface area contributed by atoms with E-state index in [1.807, 2.05) is 0 Å². The number of esters is 1. The summed E-state index contributed by atoms with van der Waals surface area (Å²) in [6, 6.07) is 7.24. The lowest BCUT2D eigenvalue weighted by Crippen LogP contribution is -2.07. The average molecular weight is 414 g/mol. The Balaban J connectivity index is 2.08. The monoisotopic (exact) mass is 414 g/mol. The molecule has 2 aromatic carbocycles. The van der Waals surface area contributed by atoms with Crippen molar-refractivity contribution in [3.05, 3.63) is 57.3 Å². The van der Waals surface area contributed by atoms with Crippen molar-refractivity contribution in [1.29, 1.82) is 0 Å². The van der Waals surface area contributed by atoms with Crippen molar-refractivity contribution in [2.24, 2.45) is 4.99 Å². The molecule has 2 aromatic rings. The first-order valence-corrected chi connectivity index (χ1v) is 8.57. The highest BCUT2D eigenvalue weighted by atomic mass is 16.6. The number of nitrogens with zero attached hydrogens (tertiary/aromatic N) is 2. The molecule has 1 heterocycles. The van der Waals surface area contributed by atoms with Gasteiger partial charge in [-0.3, -0.25) is 10.1 Å². The van der Waals surface area contributed by atoms with E-state index < -0.39 is 10.9 Å². The molecule has 0 N–H and O–H groups in total. The molecule has 10 nitrogen and oxygen atoms in total. The van der Waals surface area contributed by atoms with Gasteiger partial charge in [-0.25, -0.2) is 9.79 Å². The summed E-state index contributed by atoms with van der Waals surface area (Å²) in [6.07, 6.45) is 1.46. The topological polar surface area (TPSA) is 119 Å². The van der Waals surface area contributed by atoms with E-state index in [-0.39, 0.29) is 28.6 Å². The molecule has 0 aromatic heterocycles. The van der Waals surface area contributed by atoms with E-state index in [2.05, 4.69) is 4.99 Å². The number of non-ortho nitro benzene ring substituents is 1. The van der Waals surface area contributed by atoms with E-state index in [9.17, 15) is 14.9 Å². The first-order chi connectivity index (χ1) is 14.4. The first kappa shape index (κ1) is 20.6. The standard InChI is InChI=1S/C20H18N2O8/c1-26-15-8-6-12(22(24)25)10-13(15)19-21-14(20(23)30-19)9-11-5-7-16(27-2)18(29-4)17(11)28-3/h5-10H,1-4H3/b14-9+. The van der Waals surface area contributed by atoms with Crippen molar-refractivity contribution in [2.75, 3.05) is 28.4 Å². The highest BCUT2D eigenvalue weighted by molar-refractivity contribution is 6.14. The predicted molar refractivity (Wildman–Crippen MR) is 106 cm³/mol. The molecular formula is C20H18N2O8. The van der Waals surface area contributed by atoms with Crippen molar-refractivity contribution in [2.45, 2.75) is 0 Å². The highest BCUT2D eigenvalue weighted by Crippen LogP contribution is 2.41. The zero-order valence-corrected chi connectivity index (χ0v) is 16.6. The zero-order chi connectivity index (χ0) is 21.8. The number of nitro groups is 1. The quantitative estimate of drug-likeness (QED) is 0.294. The largest absolute Gasteiger partial charge is 0.496 e. The fraction of sp³-hybridized carbons (Fsp3) is 0.200. The van der Waals surface area contributed by atoms with Gasteiger partial charge in [-0.1, -0.05) is 0 Å². The van der Waals surface area contributed by atoms with Crippen LogP contribution in [0.1, 0.15) is 11.1 Å². The van der Waals surface area contributed by atoms with Crippen LogP contribution in [0.2, 0.25) is 0 Å². The SMILES string of the molecule is COc1ccc([N+](=O)[O-])cc1C1=N/C(=C/c2ccc(OC)c(OC)c2OC)C(=O)O1. The number of carbonyl (C=O) groups is 1. The minimum absolute atomic E-state index is 0.0240. The third-order valence-electron chi connectivity index (χ3n) is 4.27. The molecule has 1 aliphatic rings. The fourth-order valence-electron chi connectivity index (χ4n) is 2.89. The number of methoxy groups -OCH3 is 4. The Morgan fingerprint density at radius 3 is 2.23 bits per heavy atom. The van der Waals surface area contributed by atoms with Crippen molar-refractivity contribution in [1.82, 2.24) is 0 Å². The molecule has 0 amide bonds. The summed E-state index contributed by atoms with van der Waals surface area (Å²) in [6.45, 7) is 0. The van der Waals surface area contributed by atoms with E-state index in [1.165, 1.54) is 52.7 Å². The highest BCUT2D eigenvalue weighted by Gasteiger charge is 2.28. The number of aliphatic imine (C=N–C) groups is 1. The average Bonchev–Trinajstić information content (AvgIpc) is 3.12. The van der Waals surface area contributed by atoms with Crippen LogP contribution in [0.4, 0.5) is 5.69 Å². The normalized spacial score (nSPS) is 14.2. The molecule has 156 valence electrons. The second-order valence-corrected chi connectivity index (χ2v) is 5.90. The Kier molecular flexibility index (Phi) is 5.86. The number of benzene rings is 2. The second-order valence-electron chi connectivity index (χ2n) is 5.90. The van der Waals surface area contributed by atoms with Gasteiger partial charge in [-0.15, -0.1) is 0 Å². The number of cyclic esters (lactones) is 1. The molecule has 0 bridgehead atoms. The van der Waals surface area contributed by atoms with E-state index in [4.69, 9.17) is 23.7 Å². The zero-order valence-electron chi connectivity index (χ0n) is 16.6. The molecular weight excluding hydrogens is 396 g/mol. The van der Waals surface area contributed by atoms with Gasteiger partial charge >= 0.3 is 5.97 Å². The van der Waals surface area contributed by atoms with Gasteiger partial charge < -0.3 is 23.7 Å². The molecule has 10 heteroatoms. The summed E-state index contributed by atoms with van der Waals surface area (Å²) in [5.41, 5.74) is 0.466. The number of rotatable bonds is 7. The Hall–Kier alpha value is -4.08. The van der Waals surface area contributed by atoms with Crippen molar-refractivity contribution in [3.8, 4) is 23.0 Å². The van der Waals surface area contributed by atoms with Crippen LogP contribution in [-0.2, 0) is 9.53 Å². The predicted octanol–water partition coefficient (Wildman–Crippen LogP) is 2.97. The summed E-state index contributed by atoms with van der Waals surface area (Å²) in [7, 11) is 5.81. The first-order valence-electron chi connectivity index (χ1n) is 8.57. The van der Waals surface area contributed by atoms with Gasteiger partial charge in [0, 0.05) is 17.7 Å². The van der Waals surface area contributed by atoms with E-state index in [0.717, 1.165) is 0 Å². The lowest BCUT2D eigenvalue weighted by Gasteiger charge is -2.14. The van der Waals surface area contributed by atoms with Gasteiger partial charge in [0.2, 0.25) is 11.6 Å². The van der Waals surface area contributed by atoms with Crippen molar-refractivity contribution in [3.63, 3.8) is 0 Å². The molecule has 0 atom stereocenters. The molecule has 1 aliphatic heterocycles. The maximum absolute atomic E-state index is 12.4. The molecule has 0 unspecified atom stereocenters. The van der Waals surface area contributed by atoms with Crippen LogP contribution in [0.3, 0.4) is 0 Å². The van der Waals surface area contributed by atoms with Crippen LogP contribution < -0.4 is 18.9 Å². The molecule has 30 heavy (non-hydrogen) atoms. The Labute approximate surface area is 171 Å². The summed E-state index contributed by atoms with van der Waals surface area (Å²) >= 11 is 0. The van der Waals surface area contributed by atoms with Gasteiger partial charge in [0.1, 0.15) is 5.75 Å². The fourth-order valence-corrected chi connectivity index (χ4v) is 2.89. The van der Waals surface area contributed by atoms with Gasteiger partial charge in [0.05, 0.1) is 38.9 Å². The van der Waals surface area contributed by atoms with E-state index in [0.29, 0.717) is 22.8 Å². The molecule has 0 aliphatic carbocycles. The number of hydrogen-bond acceptors (Lipinski definition) is 9. The molecule has 0 spiro atoms. The van der Waals surface area contributed by atoms with Crippen LogP contribution in [0.5, 0.6) is 23.0 Å². The number of nitro benzene ring substituents is 1. The van der Waals surface area contributed by atoms with Crippen LogP contribution in [0, 0.1) is 10.1 Å². The Morgan fingerprint density at radius 2 is 1.63 bits per heavy atom. The van der Waals surface area contributed by atoms with Gasteiger partial charge in [0.25, 0.3) is 5.69 Å². The molecule has 0 radical (unpaired) electrons. The summed E-state index contributed by atoms with van der Waals surface area (Å²) in [4.78, 5) is 27.1. The number of ether oxygens (including phenoxy) is 5. The maximum Gasteiger partial charge on any atom is 0.363 e. The van der Waals surface area contributed by atoms with Gasteiger partial charge in [0.15, 0.2) is 17.2 Å². The summed E-state index contributed by atoms with van der Waals surface area (Å²) < 4.78 is 26.4. The minimum atomic E-state index is -0.726. The lowest BCUT2D eigenvalue weighted by atomic mass is 10.1. The number of hydrogen-bond donors (Lipinski definition) is 0. The minimum Gasteiger partial charge on any atom is -0.496 e. The Morgan fingerprint density at radius 1 is 0.967 bits per heavy atom. The van der Waals surface area contributed by atoms with Gasteiger partial charge in [-0.05, 0) is 24.3 Å². The molecule has 0 saturated carbocycles. The molecule has 0 saturated heterocycles. The van der Waals surface area contributed by atoms with E-state index in [1.54, 1.807) is 12.1 Å². The smallest absolute Gasteiger partial charge is 0.363 e. The lowest BCUT2D eigenvalue weighted by molar-refractivity contribution is -0.384. The summed E-state index contributed by atoms with van der Waals surface area (Å²) in [5.74, 6) is 0.591. The van der Waals surface area contributed by atoms with Crippen molar-refractivity contribution >= 4 is 23.6 Å². The van der Waals surface area contributed by atoms with Crippen LogP contribution in [-0.4, -0.2) is 45.2 Å². The molecule has 0 fully saturated rings. The third kappa shape index (κ3) is 3.75. The van der Waals surface area contributed by atoms with Gasteiger partial charge in [-0.2, -0.15) is 0 Å². The third-order valence-corrected chi connectivity index (χ3v) is 4.27. The van der Waals surface area contributed by atoms with Crippen LogP contribution >= 0.6 is 0 Å².